The third kappa shape index (κ3) is 2.50. The summed E-state index contributed by atoms with van der Waals surface area (Å²) in [5.74, 6) is -1.10. The van der Waals surface area contributed by atoms with Crippen LogP contribution in [0, 0.1) is 5.92 Å². The van der Waals surface area contributed by atoms with E-state index in [4.69, 9.17) is 5.11 Å². The van der Waals surface area contributed by atoms with Crippen LogP contribution in [0.2, 0.25) is 0 Å². The first kappa shape index (κ1) is 12.1. The molecule has 17 heavy (non-hydrogen) atoms. The van der Waals surface area contributed by atoms with Crippen LogP contribution in [0.25, 0.3) is 0 Å². The van der Waals surface area contributed by atoms with E-state index in [2.05, 4.69) is 23.5 Å². The average molecular weight is 233 g/mol. The summed E-state index contributed by atoms with van der Waals surface area (Å²) in [7, 11) is 0. The number of aliphatic carboxylic acids is 1. The Labute approximate surface area is 102 Å². The van der Waals surface area contributed by atoms with E-state index in [1.807, 2.05) is 13.0 Å². The normalized spacial score (nSPS) is 21.9. The van der Waals surface area contributed by atoms with E-state index in [1.54, 1.807) is 6.92 Å². The molecule has 3 nitrogen and oxygen atoms in total. The van der Waals surface area contributed by atoms with Crippen LogP contribution in [0.5, 0.6) is 0 Å². The fraction of sp³-hybridized carbons (Fsp3) is 0.500. The second-order valence-corrected chi connectivity index (χ2v) is 4.87. The molecule has 0 saturated heterocycles. The Morgan fingerprint density at radius 1 is 1.41 bits per heavy atom. The number of nitrogens with one attached hydrogen (secondary N) is 1. The number of carboxylic acid groups (broad SMARTS) is 1. The molecule has 2 N–H and O–H groups in total. The Balaban J connectivity index is 2.04. The van der Waals surface area contributed by atoms with Gasteiger partial charge in [-0.1, -0.05) is 31.2 Å². The fourth-order valence-corrected chi connectivity index (χ4v) is 2.41. The predicted molar refractivity (Wildman–Crippen MR) is 66.9 cm³/mol. The van der Waals surface area contributed by atoms with Crippen LogP contribution in [-0.4, -0.2) is 17.1 Å². The van der Waals surface area contributed by atoms with Gasteiger partial charge in [-0.25, -0.2) is 0 Å². The Bertz CT molecular complexity index is 416. The van der Waals surface area contributed by atoms with Crippen molar-refractivity contribution in [2.45, 2.75) is 38.8 Å². The van der Waals surface area contributed by atoms with E-state index in [1.165, 1.54) is 11.1 Å². The van der Waals surface area contributed by atoms with Gasteiger partial charge in [0.05, 0.1) is 5.92 Å². The summed E-state index contributed by atoms with van der Waals surface area (Å²) in [4.78, 5) is 10.9. The molecule has 0 aromatic heterocycles. The Morgan fingerprint density at radius 2 is 2.12 bits per heavy atom. The number of rotatable bonds is 4. The van der Waals surface area contributed by atoms with Gasteiger partial charge in [0, 0.05) is 12.1 Å². The van der Waals surface area contributed by atoms with Gasteiger partial charge in [-0.2, -0.15) is 0 Å². The molecule has 3 atom stereocenters. The third-order valence-electron chi connectivity index (χ3n) is 3.74. The van der Waals surface area contributed by atoms with Gasteiger partial charge in [0.2, 0.25) is 0 Å². The van der Waals surface area contributed by atoms with Crippen LogP contribution in [-0.2, 0) is 11.2 Å². The second kappa shape index (κ2) is 4.88. The van der Waals surface area contributed by atoms with Crippen molar-refractivity contribution >= 4 is 5.97 Å². The highest BCUT2D eigenvalue weighted by molar-refractivity contribution is 5.70. The van der Waals surface area contributed by atoms with Crippen LogP contribution in [0.4, 0.5) is 0 Å². The SMILES string of the molecule is CC(NC1CCc2ccccc21)C(C)C(=O)O. The number of hydrogen-bond acceptors (Lipinski definition) is 2. The molecule has 0 saturated carbocycles. The molecule has 0 amide bonds. The molecule has 1 aromatic rings. The first-order valence-electron chi connectivity index (χ1n) is 6.16. The lowest BCUT2D eigenvalue weighted by molar-refractivity contribution is -0.142. The van der Waals surface area contributed by atoms with Gasteiger partial charge < -0.3 is 10.4 Å². The second-order valence-electron chi connectivity index (χ2n) is 4.87. The minimum Gasteiger partial charge on any atom is -0.481 e. The number of carbonyl (C=O) groups is 1. The Kier molecular flexibility index (Phi) is 3.48. The number of aryl methyl sites for hydroxylation is 1. The van der Waals surface area contributed by atoms with Crippen molar-refractivity contribution in [3.05, 3.63) is 35.4 Å². The van der Waals surface area contributed by atoms with Crippen LogP contribution in [0.1, 0.15) is 37.4 Å². The molecule has 3 unspecified atom stereocenters. The van der Waals surface area contributed by atoms with Gasteiger partial charge in [-0.05, 0) is 30.9 Å². The highest BCUT2D eigenvalue weighted by atomic mass is 16.4. The lowest BCUT2D eigenvalue weighted by atomic mass is 10.0. The van der Waals surface area contributed by atoms with Gasteiger partial charge in [0.1, 0.15) is 0 Å². The maximum atomic E-state index is 10.9. The van der Waals surface area contributed by atoms with Crippen molar-refractivity contribution in [3.8, 4) is 0 Å². The fourth-order valence-electron chi connectivity index (χ4n) is 2.41. The van der Waals surface area contributed by atoms with Crippen molar-refractivity contribution in [2.24, 2.45) is 5.92 Å². The summed E-state index contributed by atoms with van der Waals surface area (Å²) in [6, 6.07) is 8.70. The van der Waals surface area contributed by atoms with Crippen LogP contribution < -0.4 is 5.32 Å². The molecular formula is C14H19NO2. The zero-order valence-electron chi connectivity index (χ0n) is 10.3. The van der Waals surface area contributed by atoms with Gasteiger partial charge in [-0.15, -0.1) is 0 Å². The summed E-state index contributed by atoms with van der Waals surface area (Å²) in [6.07, 6.45) is 2.15. The molecular weight excluding hydrogens is 214 g/mol. The quantitative estimate of drug-likeness (QED) is 0.839. The van der Waals surface area contributed by atoms with Crippen LogP contribution >= 0.6 is 0 Å². The number of benzene rings is 1. The van der Waals surface area contributed by atoms with E-state index in [-0.39, 0.29) is 12.0 Å². The van der Waals surface area contributed by atoms with Crippen molar-refractivity contribution in [1.82, 2.24) is 5.32 Å². The molecule has 1 aliphatic rings. The summed E-state index contributed by atoms with van der Waals surface area (Å²) in [6.45, 7) is 3.70. The summed E-state index contributed by atoms with van der Waals surface area (Å²) in [5, 5.41) is 12.4. The molecule has 92 valence electrons. The first-order chi connectivity index (χ1) is 8.09. The van der Waals surface area contributed by atoms with E-state index in [0.29, 0.717) is 6.04 Å². The van der Waals surface area contributed by atoms with E-state index in [9.17, 15) is 4.79 Å². The topological polar surface area (TPSA) is 49.3 Å². The lowest BCUT2D eigenvalue weighted by Crippen LogP contribution is -2.37. The number of fused-ring (bicyclic) bond motifs is 1. The van der Waals surface area contributed by atoms with Crippen molar-refractivity contribution in [2.75, 3.05) is 0 Å². The molecule has 1 aliphatic carbocycles. The zero-order chi connectivity index (χ0) is 12.4. The maximum Gasteiger partial charge on any atom is 0.307 e. The molecule has 2 rings (SSSR count). The van der Waals surface area contributed by atoms with E-state index in [0.717, 1.165) is 12.8 Å². The lowest BCUT2D eigenvalue weighted by Gasteiger charge is -2.23. The summed E-state index contributed by atoms with van der Waals surface area (Å²) < 4.78 is 0. The molecule has 0 radical (unpaired) electrons. The molecule has 0 aliphatic heterocycles. The van der Waals surface area contributed by atoms with Crippen molar-refractivity contribution in [1.29, 1.82) is 0 Å². The van der Waals surface area contributed by atoms with Gasteiger partial charge in [0.15, 0.2) is 0 Å². The minimum atomic E-state index is -0.740. The van der Waals surface area contributed by atoms with Crippen LogP contribution in [0.15, 0.2) is 24.3 Å². The largest absolute Gasteiger partial charge is 0.481 e. The molecule has 1 aromatic carbocycles. The van der Waals surface area contributed by atoms with E-state index < -0.39 is 5.97 Å². The highest BCUT2D eigenvalue weighted by Gasteiger charge is 2.26. The van der Waals surface area contributed by atoms with Crippen molar-refractivity contribution in [3.63, 3.8) is 0 Å². The predicted octanol–water partition coefficient (Wildman–Crippen LogP) is 2.37. The van der Waals surface area contributed by atoms with Gasteiger partial charge in [0.25, 0.3) is 0 Å². The van der Waals surface area contributed by atoms with E-state index >= 15 is 0 Å². The maximum absolute atomic E-state index is 10.9. The molecule has 3 heteroatoms. The molecule has 0 spiro atoms. The average Bonchev–Trinajstić information content (AvgIpc) is 2.71. The Morgan fingerprint density at radius 3 is 2.82 bits per heavy atom. The third-order valence-corrected chi connectivity index (χ3v) is 3.74. The summed E-state index contributed by atoms with van der Waals surface area (Å²) in [5.41, 5.74) is 2.72. The standard InChI is InChI=1S/C14H19NO2/c1-9(14(16)17)10(2)15-13-8-7-11-5-3-4-6-12(11)13/h3-6,9-10,13,15H,7-8H2,1-2H3,(H,16,17). The van der Waals surface area contributed by atoms with Gasteiger partial charge >= 0.3 is 5.97 Å². The minimum absolute atomic E-state index is 0.0105. The monoisotopic (exact) mass is 233 g/mol. The molecule has 0 bridgehead atoms. The smallest absolute Gasteiger partial charge is 0.307 e. The molecule has 0 fully saturated rings. The van der Waals surface area contributed by atoms with Crippen LogP contribution in [0.3, 0.4) is 0 Å². The van der Waals surface area contributed by atoms with Crippen molar-refractivity contribution < 1.29 is 9.90 Å². The highest BCUT2D eigenvalue weighted by Crippen LogP contribution is 2.31. The summed E-state index contributed by atoms with van der Waals surface area (Å²) >= 11 is 0. The zero-order valence-corrected chi connectivity index (χ0v) is 10.3. The number of hydrogen-bond donors (Lipinski definition) is 2. The first-order valence-corrected chi connectivity index (χ1v) is 6.16. The van der Waals surface area contributed by atoms with Gasteiger partial charge in [-0.3, -0.25) is 4.79 Å². The molecule has 0 heterocycles. The Hall–Kier alpha value is -1.35. The number of carboxylic acids is 1.